The maximum absolute atomic E-state index is 11.0. The molecular weight excluding hydrogens is 368 g/mol. The standard InChI is InChI=1S/C28H50O2/c1-18(2)7-12-25(29)19(3)22-10-11-23-21-9-8-20-17-26(4,30)15-16-27(20,5)24(21)13-14-28(22,23)6/h18-25,29-30H,7-17H2,1-6H3/t19-,20?,21-,22+,23-,24-,25-,26-,27-,28+/m0/s1. The number of hydrogen-bond donors (Lipinski definition) is 2. The highest BCUT2D eigenvalue weighted by molar-refractivity contribution is 5.10. The third-order valence-corrected chi connectivity index (χ3v) is 11.3. The monoisotopic (exact) mass is 418 g/mol. The van der Waals surface area contributed by atoms with E-state index in [1.165, 1.54) is 44.9 Å². The molecule has 4 aliphatic carbocycles. The topological polar surface area (TPSA) is 40.5 Å². The lowest BCUT2D eigenvalue weighted by atomic mass is 9.43. The lowest BCUT2D eigenvalue weighted by Gasteiger charge is -2.62. The quantitative estimate of drug-likeness (QED) is 0.513. The van der Waals surface area contributed by atoms with Gasteiger partial charge >= 0.3 is 0 Å². The van der Waals surface area contributed by atoms with E-state index in [1.807, 2.05) is 0 Å². The van der Waals surface area contributed by atoms with Crippen LogP contribution in [-0.4, -0.2) is 21.9 Å². The average Bonchev–Trinajstić information content (AvgIpc) is 3.03. The molecule has 0 bridgehead atoms. The van der Waals surface area contributed by atoms with Crippen LogP contribution in [-0.2, 0) is 0 Å². The van der Waals surface area contributed by atoms with E-state index in [9.17, 15) is 10.2 Å². The molecule has 2 nitrogen and oxygen atoms in total. The van der Waals surface area contributed by atoms with Gasteiger partial charge in [0, 0.05) is 0 Å². The SMILES string of the molecule is CC(C)CC[C@H](O)[C@@H](C)[C@H]1CC[C@H]2[C@@H]3CCC4C[C@@](C)(O)CC[C@]4(C)[C@H]3CC[C@]12C. The Kier molecular flexibility index (Phi) is 6.20. The molecule has 10 atom stereocenters. The summed E-state index contributed by atoms with van der Waals surface area (Å²) in [5.41, 5.74) is 0.454. The molecule has 1 unspecified atom stereocenters. The second kappa shape index (κ2) is 8.05. The molecule has 0 heterocycles. The molecule has 0 aromatic rings. The van der Waals surface area contributed by atoms with Crippen LogP contribution in [0.4, 0.5) is 0 Å². The fourth-order valence-corrected chi connectivity index (χ4v) is 9.37. The molecule has 0 amide bonds. The molecular formula is C28H50O2. The Morgan fingerprint density at radius 2 is 1.50 bits per heavy atom. The molecule has 0 aromatic heterocycles. The summed E-state index contributed by atoms with van der Waals surface area (Å²) in [6.07, 6.45) is 13.4. The summed E-state index contributed by atoms with van der Waals surface area (Å²) in [7, 11) is 0. The molecule has 2 heteroatoms. The zero-order valence-electron chi connectivity index (χ0n) is 20.8. The zero-order valence-corrected chi connectivity index (χ0v) is 20.8. The first-order valence-electron chi connectivity index (χ1n) is 13.4. The lowest BCUT2D eigenvalue weighted by Crippen LogP contribution is -2.55. The van der Waals surface area contributed by atoms with E-state index in [0.29, 0.717) is 28.6 Å². The van der Waals surface area contributed by atoms with Gasteiger partial charge in [-0.15, -0.1) is 0 Å². The molecule has 4 fully saturated rings. The van der Waals surface area contributed by atoms with Crippen molar-refractivity contribution in [1.82, 2.24) is 0 Å². The highest BCUT2D eigenvalue weighted by Crippen LogP contribution is 2.68. The van der Waals surface area contributed by atoms with Crippen molar-refractivity contribution in [3.8, 4) is 0 Å². The Balaban J connectivity index is 1.49. The summed E-state index contributed by atoms with van der Waals surface area (Å²) in [5.74, 6) is 5.15. The first kappa shape index (κ1) is 23.1. The molecule has 0 aliphatic heterocycles. The Hall–Kier alpha value is -0.0800. The van der Waals surface area contributed by atoms with Gasteiger partial charge in [-0.3, -0.25) is 0 Å². The Morgan fingerprint density at radius 1 is 0.800 bits per heavy atom. The van der Waals surface area contributed by atoms with Crippen LogP contribution in [0.1, 0.15) is 112 Å². The van der Waals surface area contributed by atoms with Crippen LogP contribution in [0.2, 0.25) is 0 Å². The van der Waals surface area contributed by atoms with Crippen LogP contribution in [0.3, 0.4) is 0 Å². The minimum Gasteiger partial charge on any atom is -0.393 e. The molecule has 174 valence electrons. The fraction of sp³-hybridized carbons (Fsp3) is 1.00. The van der Waals surface area contributed by atoms with Crippen LogP contribution in [0.15, 0.2) is 0 Å². The van der Waals surface area contributed by atoms with Gasteiger partial charge in [-0.1, -0.05) is 34.6 Å². The van der Waals surface area contributed by atoms with Crippen LogP contribution in [0.25, 0.3) is 0 Å². The average molecular weight is 419 g/mol. The maximum Gasteiger partial charge on any atom is 0.0622 e. The second-order valence-electron chi connectivity index (χ2n) is 13.5. The van der Waals surface area contributed by atoms with Gasteiger partial charge < -0.3 is 10.2 Å². The highest BCUT2D eigenvalue weighted by Gasteiger charge is 2.61. The van der Waals surface area contributed by atoms with Gasteiger partial charge in [0.15, 0.2) is 0 Å². The summed E-state index contributed by atoms with van der Waals surface area (Å²) >= 11 is 0. The molecule has 4 rings (SSSR count). The van der Waals surface area contributed by atoms with Gasteiger partial charge in [-0.2, -0.15) is 0 Å². The number of rotatable bonds is 5. The molecule has 4 aliphatic rings. The Morgan fingerprint density at radius 3 is 2.20 bits per heavy atom. The third-order valence-electron chi connectivity index (χ3n) is 11.3. The molecule has 0 aromatic carbocycles. The van der Waals surface area contributed by atoms with E-state index in [0.717, 1.165) is 49.4 Å². The summed E-state index contributed by atoms with van der Waals surface area (Å²) in [6.45, 7) is 14.2. The first-order valence-corrected chi connectivity index (χ1v) is 13.4. The normalized spacial score (nSPS) is 50.5. The second-order valence-corrected chi connectivity index (χ2v) is 13.5. The van der Waals surface area contributed by atoms with Crippen LogP contribution >= 0.6 is 0 Å². The van der Waals surface area contributed by atoms with Crippen molar-refractivity contribution >= 4 is 0 Å². The first-order chi connectivity index (χ1) is 14.0. The van der Waals surface area contributed by atoms with E-state index in [2.05, 4.69) is 41.5 Å². The largest absolute Gasteiger partial charge is 0.393 e. The van der Waals surface area contributed by atoms with E-state index in [-0.39, 0.29) is 6.10 Å². The predicted octanol–water partition coefficient (Wildman–Crippen LogP) is 6.83. The molecule has 0 radical (unpaired) electrons. The number of aliphatic hydroxyl groups excluding tert-OH is 1. The van der Waals surface area contributed by atoms with Crippen molar-refractivity contribution in [3.05, 3.63) is 0 Å². The van der Waals surface area contributed by atoms with E-state index in [4.69, 9.17) is 0 Å². The third kappa shape index (κ3) is 3.81. The van der Waals surface area contributed by atoms with E-state index < -0.39 is 5.60 Å². The van der Waals surface area contributed by atoms with E-state index in [1.54, 1.807) is 0 Å². The van der Waals surface area contributed by atoms with Crippen LogP contribution in [0, 0.1) is 52.3 Å². The summed E-state index contributed by atoms with van der Waals surface area (Å²) in [6, 6.07) is 0. The van der Waals surface area contributed by atoms with E-state index >= 15 is 0 Å². The maximum atomic E-state index is 11.0. The molecule has 2 N–H and O–H groups in total. The minimum absolute atomic E-state index is 0.125. The lowest BCUT2D eigenvalue weighted by molar-refractivity contribution is -0.149. The van der Waals surface area contributed by atoms with Gasteiger partial charge in [0.25, 0.3) is 0 Å². The fourth-order valence-electron chi connectivity index (χ4n) is 9.37. The minimum atomic E-state index is -0.430. The summed E-state index contributed by atoms with van der Waals surface area (Å²) in [4.78, 5) is 0. The molecule has 30 heavy (non-hydrogen) atoms. The van der Waals surface area contributed by atoms with Gasteiger partial charge in [0.05, 0.1) is 11.7 Å². The van der Waals surface area contributed by atoms with Crippen molar-refractivity contribution in [3.63, 3.8) is 0 Å². The van der Waals surface area contributed by atoms with Crippen molar-refractivity contribution in [2.24, 2.45) is 52.3 Å². The van der Waals surface area contributed by atoms with Crippen molar-refractivity contribution in [2.45, 2.75) is 124 Å². The Bertz CT molecular complexity index is 612. The van der Waals surface area contributed by atoms with Crippen molar-refractivity contribution in [2.75, 3.05) is 0 Å². The van der Waals surface area contributed by atoms with Gasteiger partial charge in [-0.25, -0.2) is 0 Å². The smallest absolute Gasteiger partial charge is 0.0622 e. The molecule has 4 saturated carbocycles. The molecule has 0 spiro atoms. The van der Waals surface area contributed by atoms with Crippen LogP contribution in [0.5, 0.6) is 0 Å². The highest BCUT2D eigenvalue weighted by atomic mass is 16.3. The molecule has 0 saturated heterocycles. The van der Waals surface area contributed by atoms with Gasteiger partial charge in [0.1, 0.15) is 0 Å². The number of hydrogen-bond acceptors (Lipinski definition) is 2. The summed E-state index contributed by atoms with van der Waals surface area (Å²) in [5, 5.41) is 21.7. The predicted molar refractivity (Wildman–Crippen MR) is 125 cm³/mol. The zero-order chi connectivity index (χ0) is 21.9. The Labute approximate surface area is 186 Å². The van der Waals surface area contributed by atoms with Crippen LogP contribution < -0.4 is 0 Å². The van der Waals surface area contributed by atoms with Crippen molar-refractivity contribution < 1.29 is 10.2 Å². The summed E-state index contributed by atoms with van der Waals surface area (Å²) < 4.78 is 0. The van der Waals surface area contributed by atoms with Gasteiger partial charge in [-0.05, 0) is 130 Å². The van der Waals surface area contributed by atoms with Crippen molar-refractivity contribution in [1.29, 1.82) is 0 Å². The number of fused-ring (bicyclic) bond motifs is 5. The number of aliphatic hydroxyl groups is 2. The van der Waals surface area contributed by atoms with Gasteiger partial charge in [0.2, 0.25) is 0 Å².